The molecular formula is C24H18N4O2. The number of fused-ring (bicyclic) bond motifs is 2. The molecule has 0 fully saturated rings. The van der Waals surface area contributed by atoms with Crippen LogP contribution in [0.1, 0.15) is 15.9 Å². The Balaban J connectivity index is 1.77. The van der Waals surface area contributed by atoms with E-state index in [0.717, 1.165) is 27.8 Å². The van der Waals surface area contributed by atoms with Crippen LogP contribution in [0, 0.1) is 6.92 Å². The summed E-state index contributed by atoms with van der Waals surface area (Å²) >= 11 is 0. The maximum atomic E-state index is 13.1. The third kappa shape index (κ3) is 2.62. The molecule has 0 radical (unpaired) electrons. The first-order chi connectivity index (χ1) is 14.6. The maximum Gasteiger partial charge on any atom is 0.265 e. The summed E-state index contributed by atoms with van der Waals surface area (Å²) in [4.78, 5) is 29.5. The number of rotatable bonds is 3. The first-order valence-corrected chi connectivity index (χ1v) is 9.53. The third-order valence-corrected chi connectivity index (χ3v) is 5.44. The largest absolute Gasteiger partial charge is 0.366 e. The molecule has 1 amide bonds. The average Bonchev–Trinajstić information content (AvgIpc) is 3.19. The molecule has 0 spiro atoms. The maximum absolute atomic E-state index is 13.1. The molecule has 5 aromatic rings. The molecule has 0 saturated heterocycles. The Morgan fingerprint density at radius 1 is 0.900 bits per heavy atom. The molecule has 6 nitrogen and oxygen atoms in total. The highest BCUT2D eigenvalue weighted by atomic mass is 16.1. The first kappa shape index (κ1) is 17.9. The van der Waals surface area contributed by atoms with Crippen molar-refractivity contribution >= 4 is 27.7 Å². The number of nitrogens with zero attached hydrogens (tertiary/aromatic N) is 3. The number of carbonyl (C=O) groups excluding carboxylic acids is 1. The number of amides is 1. The van der Waals surface area contributed by atoms with E-state index in [2.05, 4.69) is 4.98 Å². The van der Waals surface area contributed by atoms with Crippen LogP contribution in [-0.4, -0.2) is 20.0 Å². The van der Waals surface area contributed by atoms with Crippen molar-refractivity contribution in [2.24, 2.45) is 5.73 Å². The van der Waals surface area contributed by atoms with E-state index in [-0.39, 0.29) is 5.56 Å². The van der Waals surface area contributed by atoms with E-state index >= 15 is 0 Å². The predicted octanol–water partition coefficient (Wildman–Crippen LogP) is 3.74. The van der Waals surface area contributed by atoms with E-state index in [1.54, 1.807) is 23.0 Å². The molecular weight excluding hydrogens is 376 g/mol. The van der Waals surface area contributed by atoms with E-state index in [9.17, 15) is 9.59 Å². The number of hydrogen-bond acceptors (Lipinski definition) is 3. The molecule has 0 saturated carbocycles. The van der Waals surface area contributed by atoms with Gasteiger partial charge in [-0.15, -0.1) is 0 Å². The number of primary amides is 1. The topological polar surface area (TPSA) is 82.9 Å². The van der Waals surface area contributed by atoms with Gasteiger partial charge < -0.3 is 10.3 Å². The van der Waals surface area contributed by atoms with E-state index in [4.69, 9.17) is 5.73 Å². The molecule has 6 heteroatoms. The second-order valence-electron chi connectivity index (χ2n) is 7.15. The number of hydrogen-bond donors (Lipinski definition) is 1. The lowest BCUT2D eigenvalue weighted by molar-refractivity contribution is 0.100. The van der Waals surface area contributed by atoms with E-state index < -0.39 is 5.91 Å². The summed E-state index contributed by atoms with van der Waals surface area (Å²) in [5.41, 5.74) is 9.81. The van der Waals surface area contributed by atoms with Crippen molar-refractivity contribution in [1.29, 1.82) is 0 Å². The minimum atomic E-state index is -0.482. The quantitative estimate of drug-likeness (QED) is 0.506. The summed E-state index contributed by atoms with van der Waals surface area (Å²) in [7, 11) is 0. The fourth-order valence-electron chi connectivity index (χ4n) is 3.97. The van der Waals surface area contributed by atoms with Crippen molar-refractivity contribution in [3.63, 3.8) is 0 Å². The highest BCUT2D eigenvalue weighted by molar-refractivity contribution is 6.05. The van der Waals surface area contributed by atoms with Gasteiger partial charge in [-0.25, -0.2) is 4.98 Å². The van der Waals surface area contributed by atoms with Crippen LogP contribution in [-0.2, 0) is 0 Å². The van der Waals surface area contributed by atoms with Crippen LogP contribution >= 0.6 is 0 Å². The van der Waals surface area contributed by atoms with Crippen molar-refractivity contribution in [3.05, 3.63) is 101 Å². The first-order valence-electron chi connectivity index (χ1n) is 9.53. The number of benzene rings is 3. The van der Waals surface area contributed by atoms with Gasteiger partial charge in [-0.2, -0.15) is 0 Å². The molecule has 146 valence electrons. The van der Waals surface area contributed by atoms with Gasteiger partial charge in [0.1, 0.15) is 6.33 Å². The summed E-state index contributed by atoms with van der Waals surface area (Å²) in [5.74, 6) is -0.482. The second-order valence-corrected chi connectivity index (χ2v) is 7.15. The molecule has 2 heterocycles. The van der Waals surface area contributed by atoms with Crippen LogP contribution in [0.5, 0.6) is 0 Å². The summed E-state index contributed by atoms with van der Waals surface area (Å²) in [5, 5.41) is 1.48. The Morgan fingerprint density at radius 3 is 2.43 bits per heavy atom. The lowest BCUT2D eigenvalue weighted by Gasteiger charge is -2.16. The van der Waals surface area contributed by atoms with Gasteiger partial charge in [0, 0.05) is 11.6 Å². The molecule has 0 aliphatic rings. The summed E-state index contributed by atoms with van der Waals surface area (Å²) in [6.45, 7) is 1.95. The Hall–Kier alpha value is -4.19. The Bertz CT molecular complexity index is 1510. The van der Waals surface area contributed by atoms with Crippen LogP contribution in [0.2, 0.25) is 0 Å². The number of para-hydroxylation sites is 2. The smallest absolute Gasteiger partial charge is 0.265 e. The van der Waals surface area contributed by atoms with Gasteiger partial charge in [0.15, 0.2) is 0 Å². The zero-order chi connectivity index (χ0) is 20.8. The minimum Gasteiger partial charge on any atom is -0.366 e. The fourth-order valence-corrected chi connectivity index (χ4v) is 3.97. The molecule has 2 N–H and O–H groups in total. The van der Waals surface area contributed by atoms with Crippen LogP contribution in [0.25, 0.3) is 33.2 Å². The van der Waals surface area contributed by atoms with E-state index in [1.165, 1.54) is 0 Å². The van der Waals surface area contributed by atoms with Gasteiger partial charge in [0.2, 0.25) is 0 Å². The molecule has 30 heavy (non-hydrogen) atoms. The van der Waals surface area contributed by atoms with Crippen LogP contribution < -0.4 is 11.3 Å². The standard InChI is InChI=1S/C24H18N4O2/c1-15-20(27-13-12-16-6-4-8-18(22(16)27)23(25)29)10-5-11-21(15)28-14-26-19-9-3-2-7-17(19)24(28)30/h2-14H,1H3,(H2,25,29). The molecule has 0 unspecified atom stereocenters. The van der Waals surface area contributed by atoms with E-state index in [0.29, 0.717) is 16.5 Å². The van der Waals surface area contributed by atoms with Gasteiger partial charge in [-0.3, -0.25) is 14.2 Å². The summed E-state index contributed by atoms with van der Waals surface area (Å²) in [6.07, 6.45) is 3.46. The molecule has 3 aromatic carbocycles. The van der Waals surface area contributed by atoms with Crippen LogP contribution in [0.15, 0.2) is 84.0 Å². The Morgan fingerprint density at radius 2 is 1.63 bits per heavy atom. The Labute approximate surface area is 171 Å². The lowest BCUT2D eigenvalue weighted by Crippen LogP contribution is -2.20. The molecule has 0 bridgehead atoms. The fraction of sp³-hybridized carbons (Fsp3) is 0.0417. The van der Waals surface area contributed by atoms with Gasteiger partial charge in [-0.1, -0.05) is 30.3 Å². The zero-order valence-electron chi connectivity index (χ0n) is 16.2. The summed E-state index contributed by atoms with van der Waals surface area (Å²) < 4.78 is 3.50. The van der Waals surface area contributed by atoms with Crippen LogP contribution in [0.3, 0.4) is 0 Å². The number of aromatic nitrogens is 3. The van der Waals surface area contributed by atoms with Crippen molar-refractivity contribution in [1.82, 2.24) is 14.1 Å². The normalized spacial score (nSPS) is 11.2. The number of carbonyl (C=O) groups is 1. The van der Waals surface area contributed by atoms with Crippen molar-refractivity contribution in [2.75, 3.05) is 0 Å². The lowest BCUT2D eigenvalue weighted by atomic mass is 10.1. The van der Waals surface area contributed by atoms with Crippen molar-refractivity contribution in [3.8, 4) is 11.4 Å². The molecule has 0 aliphatic carbocycles. The minimum absolute atomic E-state index is 0.129. The highest BCUT2D eigenvalue weighted by Crippen LogP contribution is 2.28. The zero-order valence-corrected chi connectivity index (χ0v) is 16.2. The van der Waals surface area contributed by atoms with Gasteiger partial charge in [0.25, 0.3) is 11.5 Å². The Kier molecular flexibility index (Phi) is 3.99. The molecule has 0 aliphatic heterocycles. The molecule has 5 rings (SSSR count). The van der Waals surface area contributed by atoms with Gasteiger partial charge in [0.05, 0.1) is 33.4 Å². The van der Waals surface area contributed by atoms with Crippen LogP contribution in [0.4, 0.5) is 0 Å². The highest BCUT2D eigenvalue weighted by Gasteiger charge is 2.15. The summed E-state index contributed by atoms with van der Waals surface area (Å²) in [6, 6.07) is 20.4. The number of nitrogens with two attached hydrogens (primary N) is 1. The SMILES string of the molecule is Cc1c(-n2cnc3ccccc3c2=O)cccc1-n1ccc2cccc(C(N)=O)c21. The molecule has 0 atom stereocenters. The average molecular weight is 394 g/mol. The van der Waals surface area contributed by atoms with Crippen molar-refractivity contribution < 1.29 is 4.79 Å². The van der Waals surface area contributed by atoms with Gasteiger partial charge >= 0.3 is 0 Å². The second kappa shape index (κ2) is 6.70. The van der Waals surface area contributed by atoms with Crippen molar-refractivity contribution in [2.45, 2.75) is 6.92 Å². The third-order valence-electron chi connectivity index (χ3n) is 5.44. The predicted molar refractivity (Wildman–Crippen MR) is 117 cm³/mol. The molecule has 2 aromatic heterocycles. The monoisotopic (exact) mass is 394 g/mol. The van der Waals surface area contributed by atoms with E-state index in [1.807, 2.05) is 72.3 Å². The van der Waals surface area contributed by atoms with Gasteiger partial charge in [-0.05, 0) is 48.9 Å².